The molecular weight excluding hydrogens is 348 g/mol. The molecule has 1 atom stereocenters. The molecule has 1 aromatic carbocycles. The van der Waals surface area contributed by atoms with Gasteiger partial charge < -0.3 is 16.0 Å². The molecule has 2 aromatic rings. The first kappa shape index (κ1) is 17.1. The van der Waals surface area contributed by atoms with Gasteiger partial charge in [0.15, 0.2) is 0 Å². The summed E-state index contributed by atoms with van der Waals surface area (Å²) in [6, 6.07) is 11.1. The Bertz CT molecular complexity index is 812. The minimum atomic E-state index is -0.664. The Morgan fingerprint density at radius 3 is 2.50 bits per heavy atom. The van der Waals surface area contributed by atoms with E-state index in [4.69, 9.17) is 5.73 Å². The summed E-state index contributed by atoms with van der Waals surface area (Å²) in [6.45, 7) is 3.16. The van der Waals surface area contributed by atoms with E-state index in [-0.39, 0.29) is 11.9 Å². The minimum absolute atomic E-state index is 0.147. The number of fused-ring (bicyclic) bond motifs is 3. The summed E-state index contributed by atoms with van der Waals surface area (Å²) >= 11 is 1.36. The molecule has 2 bridgehead atoms. The summed E-state index contributed by atoms with van der Waals surface area (Å²) in [6.07, 6.45) is 2.27. The fourth-order valence-electron chi connectivity index (χ4n) is 3.88. The van der Waals surface area contributed by atoms with Crippen molar-refractivity contribution in [1.82, 2.24) is 10.2 Å². The molecule has 5 rings (SSSR count). The second-order valence-corrected chi connectivity index (χ2v) is 7.98. The number of carbonyl (C=O) groups excluding carboxylic acids is 2. The lowest BCUT2D eigenvalue weighted by Gasteiger charge is -2.44. The zero-order valence-electron chi connectivity index (χ0n) is 14.4. The average molecular weight is 370 g/mol. The third kappa shape index (κ3) is 3.45. The third-order valence-electron chi connectivity index (χ3n) is 5.24. The molecule has 0 aliphatic carbocycles. The molecule has 26 heavy (non-hydrogen) atoms. The number of nitrogens with zero attached hydrogens (tertiary/aromatic N) is 1. The summed E-state index contributed by atoms with van der Waals surface area (Å²) in [5, 5.41) is 6.28. The first-order valence-corrected chi connectivity index (χ1v) is 9.71. The number of carbonyl (C=O) groups is 2. The summed E-state index contributed by atoms with van der Waals surface area (Å²) in [4.78, 5) is 27.6. The monoisotopic (exact) mass is 370 g/mol. The maximum Gasteiger partial charge on any atom is 0.317 e. The van der Waals surface area contributed by atoms with Crippen molar-refractivity contribution in [3.8, 4) is 10.4 Å². The van der Waals surface area contributed by atoms with E-state index in [2.05, 4.69) is 15.5 Å². The van der Waals surface area contributed by atoms with Gasteiger partial charge in [0.25, 0.3) is 5.91 Å². The van der Waals surface area contributed by atoms with E-state index in [1.54, 1.807) is 0 Å². The van der Waals surface area contributed by atoms with Crippen LogP contribution in [0.4, 0.5) is 9.80 Å². The molecule has 3 fully saturated rings. The number of amides is 3. The molecule has 0 radical (unpaired) electrons. The molecule has 0 saturated carbocycles. The van der Waals surface area contributed by atoms with Gasteiger partial charge in [-0.2, -0.15) is 0 Å². The third-order valence-corrected chi connectivity index (χ3v) is 6.34. The van der Waals surface area contributed by atoms with E-state index < -0.39 is 6.03 Å². The zero-order valence-corrected chi connectivity index (χ0v) is 15.2. The quantitative estimate of drug-likeness (QED) is 0.773. The lowest BCUT2D eigenvalue weighted by molar-refractivity contribution is 0.0621. The first-order valence-electron chi connectivity index (χ1n) is 8.89. The standard InChI is InChI=1S/C19H22N4O2S/c20-19(25)22-18-14(10-16(26-18)13-4-2-1-3-5-13)17(24)21-15-11-23-8-6-12(15)7-9-23/h1-5,10,12,15H,6-9,11H2,(H,21,24)(H3,20,22,25)/t15-/m1/s1. The van der Waals surface area contributed by atoms with Crippen LogP contribution in [-0.2, 0) is 0 Å². The summed E-state index contributed by atoms with van der Waals surface area (Å²) < 4.78 is 0. The van der Waals surface area contributed by atoms with E-state index in [9.17, 15) is 9.59 Å². The lowest BCUT2D eigenvalue weighted by atomic mass is 9.84. The fraction of sp³-hybridized carbons (Fsp3) is 0.368. The van der Waals surface area contributed by atoms with Gasteiger partial charge in [-0.05, 0) is 43.5 Å². The molecule has 0 unspecified atom stereocenters. The topological polar surface area (TPSA) is 87.5 Å². The maximum atomic E-state index is 12.9. The molecular formula is C19H22N4O2S. The first-order chi connectivity index (χ1) is 12.6. The number of hydrogen-bond acceptors (Lipinski definition) is 4. The Kier molecular flexibility index (Phi) is 4.65. The van der Waals surface area contributed by atoms with Crippen LogP contribution < -0.4 is 16.4 Å². The average Bonchev–Trinajstić information content (AvgIpc) is 3.07. The van der Waals surface area contributed by atoms with Crippen molar-refractivity contribution in [3.05, 3.63) is 42.0 Å². The lowest BCUT2D eigenvalue weighted by Crippen LogP contribution is -2.57. The number of urea groups is 1. The predicted octanol–water partition coefficient (Wildman–Crippen LogP) is 2.73. The highest BCUT2D eigenvalue weighted by Gasteiger charge is 2.35. The van der Waals surface area contributed by atoms with Gasteiger partial charge in [0.05, 0.1) is 5.56 Å². The number of thiophene rings is 1. The van der Waals surface area contributed by atoms with Crippen LogP contribution in [0.2, 0.25) is 0 Å². The zero-order chi connectivity index (χ0) is 18.1. The van der Waals surface area contributed by atoms with Crippen LogP contribution in [0.15, 0.2) is 36.4 Å². The molecule has 3 saturated heterocycles. The van der Waals surface area contributed by atoms with Gasteiger partial charge in [-0.15, -0.1) is 11.3 Å². The van der Waals surface area contributed by atoms with Crippen LogP contribution in [-0.4, -0.2) is 42.5 Å². The van der Waals surface area contributed by atoms with Crippen molar-refractivity contribution >= 4 is 28.3 Å². The van der Waals surface area contributed by atoms with Crippen LogP contribution in [0.25, 0.3) is 10.4 Å². The van der Waals surface area contributed by atoms with E-state index >= 15 is 0 Å². The Balaban J connectivity index is 1.58. The minimum Gasteiger partial charge on any atom is -0.351 e. The van der Waals surface area contributed by atoms with Crippen LogP contribution in [0.3, 0.4) is 0 Å². The van der Waals surface area contributed by atoms with Crippen LogP contribution in [0.1, 0.15) is 23.2 Å². The molecule has 1 aromatic heterocycles. The highest BCUT2D eigenvalue weighted by molar-refractivity contribution is 7.20. The predicted molar refractivity (Wildman–Crippen MR) is 103 cm³/mol. The fourth-order valence-corrected chi connectivity index (χ4v) is 4.95. The van der Waals surface area contributed by atoms with Crippen LogP contribution >= 0.6 is 11.3 Å². The van der Waals surface area contributed by atoms with Crippen molar-refractivity contribution in [2.45, 2.75) is 18.9 Å². The van der Waals surface area contributed by atoms with Crippen molar-refractivity contribution in [2.24, 2.45) is 11.7 Å². The molecule has 4 heterocycles. The van der Waals surface area contributed by atoms with Gasteiger partial charge in [-0.3, -0.25) is 10.1 Å². The summed E-state index contributed by atoms with van der Waals surface area (Å²) in [5.74, 6) is 0.398. The molecule has 3 amide bonds. The molecule has 4 N–H and O–H groups in total. The summed E-state index contributed by atoms with van der Waals surface area (Å²) in [5.41, 5.74) is 6.78. The molecule has 0 spiro atoms. The second kappa shape index (κ2) is 7.09. The van der Waals surface area contributed by atoms with Crippen LogP contribution in [0, 0.1) is 5.92 Å². The maximum absolute atomic E-state index is 12.9. The van der Waals surface area contributed by atoms with Gasteiger partial charge >= 0.3 is 6.03 Å². The van der Waals surface area contributed by atoms with Gasteiger partial charge in [-0.1, -0.05) is 30.3 Å². The number of rotatable bonds is 4. The number of nitrogens with one attached hydrogen (secondary N) is 2. The molecule has 6 nitrogen and oxygen atoms in total. The Labute approximate surface area is 156 Å². The molecule has 7 heteroatoms. The number of nitrogens with two attached hydrogens (primary N) is 1. The number of primary amides is 1. The Morgan fingerprint density at radius 2 is 1.88 bits per heavy atom. The van der Waals surface area contributed by atoms with Crippen molar-refractivity contribution in [1.29, 1.82) is 0 Å². The highest BCUT2D eigenvalue weighted by atomic mass is 32.1. The smallest absolute Gasteiger partial charge is 0.317 e. The van der Waals surface area contributed by atoms with Crippen LogP contribution in [0.5, 0.6) is 0 Å². The van der Waals surface area contributed by atoms with E-state index in [1.807, 2.05) is 36.4 Å². The van der Waals surface area contributed by atoms with Gasteiger partial charge in [0.2, 0.25) is 0 Å². The van der Waals surface area contributed by atoms with Gasteiger partial charge in [-0.25, -0.2) is 4.79 Å². The normalized spacial score (nSPS) is 24.2. The van der Waals surface area contributed by atoms with E-state index in [1.165, 1.54) is 11.3 Å². The molecule has 136 valence electrons. The van der Waals surface area contributed by atoms with Gasteiger partial charge in [0, 0.05) is 17.5 Å². The number of benzene rings is 1. The number of anilines is 1. The Morgan fingerprint density at radius 1 is 1.15 bits per heavy atom. The number of hydrogen-bond donors (Lipinski definition) is 3. The van der Waals surface area contributed by atoms with Crippen molar-refractivity contribution in [3.63, 3.8) is 0 Å². The van der Waals surface area contributed by atoms with Gasteiger partial charge in [0.1, 0.15) is 5.00 Å². The summed E-state index contributed by atoms with van der Waals surface area (Å²) in [7, 11) is 0. The van der Waals surface area contributed by atoms with Crippen molar-refractivity contribution < 1.29 is 9.59 Å². The van der Waals surface area contributed by atoms with E-state index in [0.717, 1.165) is 42.9 Å². The van der Waals surface area contributed by atoms with E-state index in [0.29, 0.717) is 16.5 Å². The molecule has 3 aliphatic rings. The Hall–Kier alpha value is -2.38. The largest absolute Gasteiger partial charge is 0.351 e. The molecule has 3 aliphatic heterocycles. The SMILES string of the molecule is NC(=O)Nc1sc(-c2ccccc2)cc1C(=O)N[C@@H]1CN2CCC1CC2. The van der Waals surface area contributed by atoms with Crippen molar-refractivity contribution in [2.75, 3.05) is 25.0 Å². The second-order valence-electron chi connectivity index (χ2n) is 6.93. The highest BCUT2D eigenvalue weighted by Crippen LogP contribution is 2.36. The number of piperidine rings is 3.